The SMILES string of the molecule is O=C(CCN1CCC(CO)CC1)Nc1ccc(N2CCOCC2)cc1. The minimum absolute atomic E-state index is 0.0587. The molecule has 0 unspecified atom stereocenters. The Balaban J connectivity index is 1.40. The Labute approximate surface area is 149 Å². The lowest BCUT2D eigenvalue weighted by molar-refractivity contribution is -0.116. The molecule has 2 N–H and O–H groups in total. The first-order valence-electron chi connectivity index (χ1n) is 9.30. The van der Waals surface area contributed by atoms with Crippen molar-refractivity contribution in [3.8, 4) is 0 Å². The molecule has 1 amide bonds. The maximum absolute atomic E-state index is 12.2. The van der Waals surface area contributed by atoms with E-state index in [1.54, 1.807) is 0 Å². The quantitative estimate of drug-likeness (QED) is 0.818. The van der Waals surface area contributed by atoms with Crippen LogP contribution in [0.15, 0.2) is 24.3 Å². The van der Waals surface area contributed by atoms with Crippen LogP contribution < -0.4 is 10.2 Å². The molecule has 0 atom stereocenters. The van der Waals surface area contributed by atoms with E-state index >= 15 is 0 Å². The van der Waals surface area contributed by atoms with Gasteiger partial charge in [-0.3, -0.25) is 4.79 Å². The first-order chi connectivity index (χ1) is 12.2. The number of aliphatic hydroxyl groups excluding tert-OH is 1. The summed E-state index contributed by atoms with van der Waals surface area (Å²) < 4.78 is 5.37. The fourth-order valence-corrected chi connectivity index (χ4v) is 3.45. The average molecular weight is 347 g/mol. The summed E-state index contributed by atoms with van der Waals surface area (Å²) >= 11 is 0. The number of nitrogens with one attached hydrogen (secondary N) is 1. The summed E-state index contributed by atoms with van der Waals surface area (Å²) in [6.07, 6.45) is 2.57. The molecule has 0 saturated carbocycles. The van der Waals surface area contributed by atoms with Crippen LogP contribution in [0, 0.1) is 5.92 Å². The number of hydrogen-bond donors (Lipinski definition) is 2. The molecule has 2 heterocycles. The van der Waals surface area contributed by atoms with Gasteiger partial charge in [-0.15, -0.1) is 0 Å². The van der Waals surface area contributed by atoms with Crippen LogP contribution in [-0.4, -0.2) is 68.5 Å². The lowest BCUT2D eigenvalue weighted by Gasteiger charge is -2.30. The minimum atomic E-state index is 0.0587. The Kier molecular flexibility index (Phi) is 6.67. The molecule has 0 aromatic heterocycles. The largest absolute Gasteiger partial charge is 0.396 e. The zero-order chi connectivity index (χ0) is 17.5. The standard InChI is InChI=1S/C19H29N3O3/c23-15-16-5-8-21(9-6-16)10-7-19(24)20-17-1-3-18(4-2-17)22-11-13-25-14-12-22/h1-4,16,23H,5-15H2,(H,20,24). The molecule has 0 radical (unpaired) electrons. The van der Waals surface area contributed by atoms with Gasteiger partial charge in [0.2, 0.25) is 5.91 Å². The Morgan fingerprint density at radius 2 is 1.80 bits per heavy atom. The van der Waals surface area contributed by atoms with E-state index in [1.165, 1.54) is 5.69 Å². The van der Waals surface area contributed by atoms with Crippen LogP contribution in [0.1, 0.15) is 19.3 Å². The number of benzene rings is 1. The Morgan fingerprint density at radius 3 is 2.44 bits per heavy atom. The molecule has 2 fully saturated rings. The molecular weight excluding hydrogens is 318 g/mol. The summed E-state index contributed by atoms with van der Waals surface area (Å²) in [5, 5.41) is 12.2. The lowest BCUT2D eigenvalue weighted by atomic mass is 9.98. The minimum Gasteiger partial charge on any atom is -0.396 e. The highest BCUT2D eigenvalue weighted by molar-refractivity contribution is 5.91. The number of amides is 1. The fraction of sp³-hybridized carbons (Fsp3) is 0.632. The van der Waals surface area contributed by atoms with E-state index in [9.17, 15) is 9.90 Å². The number of ether oxygens (including phenoxy) is 1. The number of aliphatic hydroxyl groups is 1. The van der Waals surface area contributed by atoms with Crippen molar-refractivity contribution in [2.75, 3.05) is 62.8 Å². The van der Waals surface area contributed by atoms with Crippen molar-refractivity contribution in [1.29, 1.82) is 0 Å². The van der Waals surface area contributed by atoms with Crippen LogP contribution in [0.25, 0.3) is 0 Å². The van der Waals surface area contributed by atoms with Crippen molar-refractivity contribution in [2.45, 2.75) is 19.3 Å². The summed E-state index contributed by atoms with van der Waals surface area (Å²) in [6, 6.07) is 8.05. The van der Waals surface area contributed by atoms with E-state index in [4.69, 9.17) is 4.74 Å². The molecule has 2 aliphatic rings. The number of rotatable bonds is 6. The molecule has 0 aliphatic carbocycles. The third-order valence-electron chi connectivity index (χ3n) is 5.15. The van der Waals surface area contributed by atoms with E-state index in [0.29, 0.717) is 12.3 Å². The van der Waals surface area contributed by atoms with Crippen LogP contribution in [-0.2, 0) is 9.53 Å². The van der Waals surface area contributed by atoms with E-state index in [0.717, 1.165) is 64.5 Å². The van der Waals surface area contributed by atoms with Gasteiger partial charge >= 0.3 is 0 Å². The lowest BCUT2D eigenvalue weighted by Crippen LogP contribution is -2.36. The second kappa shape index (κ2) is 9.17. The van der Waals surface area contributed by atoms with Gasteiger partial charge in [-0.1, -0.05) is 0 Å². The number of piperidine rings is 1. The Bertz CT molecular complexity index is 535. The molecule has 2 saturated heterocycles. The number of carbonyl (C=O) groups excluding carboxylic acids is 1. The third kappa shape index (κ3) is 5.42. The molecule has 2 aliphatic heterocycles. The van der Waals surface area contributed by atoms with Crippen LogP contribution in [0.5, 0.6) is 0 Å². The number of morpholine rings is 1. The van der Waals surface area contributed by atoms with Gasteiger partial charge in [0, 0.05) is 44.0 Å². The molecule has 1 aromatic carbocycles. The van der Waals surface area contributed by atoms with Gasteiger partial charge in [0.25, 0.3) is 0 Å². The number of nitrogens with zero attached hydrogens (tertiary/aromatic N) is 2. The highest BCUT2D eigenvalue weighted by Crippen LogP contribution is 2.19. The van der Waals surface area contributed by atoms with E-state index in [1.807, 2.05) is 12.1 Å². The van der Waals surface area contributed by atoms with E-state index in [2.05, 4.69) is 27.2 Å². The molecular formula is C19H29N3O3. The maximum Gasteiger partial charge on any atom is 0.225 e. The zero-order valence-electron chi connectivity index (χ0n) is 14.8. The van der Waals surface area contributed by atoms with Gasteiger partial charge in [0.15, 0.2) is 0 Å². The second-order valence-electron chi connectivity index (χ2n) is 6.91. The normalized spacial score (nSPS) is 19.8. The van der Waals surface area contributed by atoms with Crippen LogP contribution in [0.4, 0.5) is 11.4 Å². The maximum atomic E-state index is 12.2. The number of hydrogen-bond acceptors (Lipinski definition) is 5. The molecule has 138 valence electrons. The summed E-state index contributed by atoms with van der Waals surface area (Å²) in [5.74, 6) is 0.499. The van der Waals surface area contributed by atoms with Crippen molar-refractivity contribution in [2.24, 2.45) is 5.92 Å². The van der Waals surface area contributed by atoms with Crippen molar-refractivity contribution >= 4 is 17.3 Å². The van der Waals surface area contributed by atoms with Crippen LogP contribution >= 0.6 is 0 Å². The fourth-order valence-electron chi connectivity index (χ4n) is 3.45. The first-order valence-corrected chi connectivity index (χ1v) is 9.30. The van der Waals surface area contributed by atoms with Gasteiger partial charge in [-0.25, -0.2) is 0 Å². The smallest absolute Gasteiger partial charge is 0.225 e. The number of carbonyl (C=O) groups is 1. The van der Waals surface area contributed by atoms with Crippen LogP contribution in [0.3, 0.4) is 0 Å². The van der Waals surface area contributed by atoms with E-state index < -0.39 is 0 Å². The molecule has 0 bridgehead atoms. The zero-order valence-corrected chi connectivity index (χ0v) is 14.8. The predicted octanol–water partition coefficient (Wildman–Crippen LogP) is 1.56. The molecule has 25 heavy (non-hydrogen) atoms. The Hall–Kier alpha value is -1.63. The van der Waals surface area contributed by atoms with Gasteiger partial charge < -0.3 is 25.0 Å². The van der Waals surface area contributed by atoms with Crippen molar-refractivity contribution in [3.63, 3.8) is 0 Å². The summed E-state index contributed by atoms with van der Waals surface area (Å²) in [5.41, 5.74) is 2.02. The van der Waals surface area contributed by atoms with E-state index in [-0.39, 0.29) is 12.5 Å². The van der Waals surface area contributed by atoms with Crippen molar-refractivity contribution in [1.82, 2.24) is 4.90 Å². The van der Waals surface area contributed by atoms with Gasteiger partial charge in [-0.05, 0) is 56.1 Å². The van der Waals surface area contributed by atoms with Gasteiger partial charge in [0.05, 0.1) is 13.2 Å². The van der Waals surface area contributed by atoms with Gasteiger partial charge in [-0.2, -0.15) is 0 Å². The summed E-state index contributed by atoms with van der Waals surface area (Å²) in [4.78, 5) is 16.8. The third-order valence-corrected chi connectivity index (χ3v) is 5.15. The first kappa shape index (κ1) is 18.2. The average Bonchev–Trinajstić information content (AvgIpc) is 2.68. The predicted molar refractivity (Wildman–Crippen MR) is 99.0 cm³/mol. The van der Waals surface area contributed by atoms with Crippen molar-refractivity contribution in [3.05, 3.63) is 24.3 Å². The monoisotopic (exact) mass is 347 g/mol. The highest BCUT2D eigenvalue weighted by Gasteiger charge is 2.18. The topological polar surface area (TPSA) is 65.0 Å². The van der Waals surface area contributed by atoms with Gasteiger partial charge in [0.1, 0.15) is 0 Å². The number of anilines is 2. The van der Waals surface area contributed by atoms with Crippen molar-refractivity contribution < 1.29 is 14.6 Å². The second-order valence-corrected chi connectivity index (χ2v) is 6.91. The Morgan fingerprint density at radius 1 is 1.12 bits per heavy atom. The molecule has 0 spiro atoms. The summed E-state index contributed by atoms with van der Waals surface area (Å²) in [6.45, 7) is 6.41. The summed E-state index contributed by atoms with van der Waals surface area (Å²) in [7, 11) is 0. The molecule has 6 nitrogen and oxygen atoms in total. The molecule has 3 rings (SSSR count). The number of likely N-dealkylation sites (tertiary alicyclic amines) is 1. The highest BCUT2D eigenvalue weighted by atomic mass is 16.5. The molecule has 6 heteroatoms. The molecule has 1 aromatic rings. The van der Waals surface area contributed by atoms with Crippen LogP contribution in [0.2, 0.25) is 0 Å².